The van der Waals surface area contributed by atoms with E-state index in [4.69, 9.17) is 18.9 Å². The molecule has 0 aromatic carbocycles. The molecule has 0 aliphatic rings. The number of nitrogens with zero attached hydrogens (tertiary/aromatic N) is 1. The van der Waals surface area contributed by atoms with Crippen LogP contribution in [0.25, 0.3) is 0 Å². The Morgan fingerprint density at radius 3 is 0.808 bits per heavy atom. The van der Waals surface area contributed by atoms with Gasteiger partial charge in [-0.05, 0) is 116 Å². The normalized spacial score (nSPS) is 13.4. The van der Waals surface area contributed by atoms with E-state index in [1.54, 1.807) is 0 Å². The Kier molecular flexibility index (Phi) is 75.0. The number of hydrogen-bond acceptors (Lipinski definition) is 8. The van der Waals surface area contributed by atoms with Crippen molar-refractivity contribution in [3.05, 3.63) is 146 Å². The number of aliphatic carboxylic acids is 1. The zero-order valence-electron chi connectivity index (χ0n) is 64.8. The van der Waals surface area contributed by atoms with E-state index in [0.717, 1.165) is 116 Å². The predicted octanol–water partition coefficient (Wildman–Crippen LogP) is 25.3. The van der Waals surface area contributed by atoms with Gasteiger partial charge in [-0.1, -0.05) is 365 Å². The molecular weight excluding hydrogens is 1220 g/mol. The summed E-state index contributed by atoms with van der Waals surface area (Å²) in [6, 6.07) is 0. The van der Waals surface area contributed by atoms with E-state index < -0.39 is 24.3 Å². The Balaban J connectivity index is 4.03. The lowest BCUT2D eigenvalue weighted by atomic mass is 10.0. The first-order chi connectivity index (χ1) is 48.6. The van der Waals surface area contributed by atoms with E-state index in [1.807, 2.05) is 21.1 Å². The van der Waals surface area contributed by atoms with Gasteiger partial charge in [-0.2, -0.15) is 0 Å². The van der Waals surface area contributed by atoms with Gasteiger partial charge in [0.05, 0.1) is 40.3 Å². The Hall–Kier alpha value is -4.83. The van der Waals surface area contributed by atoms with E-state index in [9.17, 15) is 19.5 Å². The van der Waals surface area contributed by atoms with Crippen molar-refractivity contribution in [1.82, 2.24) is 0 Å². The molecule has 0 N–H and O–H groups in total. The monoisotopic (exact) mass is 1380 g/mol. The van der Waals surface area contributed by atoms with Gasteiger partial charge in [0, 0.05) is 12.8 Å². The minimum atomic E-state index is -1.63. The van der Waals surface area contributed by atoms with Crippen LogP contribution in [-0.2, 0) is 33.3 Å². The fraction of sp³-hybridized carbons (Fsp3) is 0.700. The number of likely N-dealkylation sites (N-methyl/N-ethyl adjacent to an activating group) is 1. The van der Waals surface area contributed by atoms with Crippen LogP contribution in [-0.4, -0.2) is 82.3 Å². The highest BCUT2D eigenvalue weighted by atomic mass is 16.7. The second-order valence-electron chi connectivity index (χ2n) is 28.3. The fourth-order valence-corrected chi connectivity index (χ4v) is 11.4. The lowest BCUT2D eigenvalue weighted by molar-refractivity contribution is -0.870. The third-order valence-electron chi connectivity index (χ3n) is 17.6. The number of quaternary nitrogens is 1. The molecule has 9 heteroatoms. The van der Waals surface area contributed by atoms with Crippen LogP contribution in [0.4, 0.5) is 0 Å². The van der Waals surface area contributed by atoms with Crippen molar-refractivity contribution >= 4 is 17.9 Å². The summed E-state index contributed by atoms with van der Waals surface area (Å²) in [5.74, 6) is -2.27. The van der Waals surface area contributed by atoms with Gasteiger partial charge in [-0.3, -0.25) is 9.59 Å². The van der Waals surface area contributed by atoms with Gasteiger partial charge < -0.3 is 33.3 Å². The van der Waals surface area contributed by atoms with Gasteiger partial charge in [0.25, 0.3) is 0 Å². The minimum absolute atomic E-state index is 0.144. The molecule has 0 spiro atoms. The van der Waals surface area contributed by atoms with Crippen LogP contribution in [0.2, 0.25) is 0 Å². The highest BCUT2D eigenvalue weighted by Gasteiger charge is 2.22. The Bertz CT molecular complexity index is 2150. The molecule has 0 rings (SSSR count). The number of carbonyl (C=O) groups is 3. The zero-order valence-corrected chi connectivity index (χ0v) is 64.8. The molecule has 0 aromatic heterocycles. The van der Waals surface area contributed by atoms with E-state index in [2.05, 4.69) is 160 Å². The van der Waals surface area contributed by atoms with Crippen molar-refractivity contribution in [3.8, 4) is 0 Å². The first-order valence-electron chi connectivity index (χ1n) is 41.0. The first kappa shape index (κ1) is 94.2. The standard InChI is InChI=1S/C90H153NO8/c1-6-8-10-12-14-16-18-20-22-24-26-28-30-32-34-36-38-40-42-43-44-45-47-49-51-53-55-57-59-61-63-65-67-69-71-73-75-77-79-81-88(93)99-86(85-98-90(89(94)95)96-83-82-91(3,4)5)84-97-87(92)80-78-76-74-72-70-68-66-64-62-60-58-56-54-52-50-48-46-41-39-37-35-33-31-29-27-25-23-21-19-17-15-13-11-9-7-2/h8-11,14-17,20-23,26-29,32,34,38,40,43-44,47,49,86,90H,6-7,12-13,18-19,24-25,30-31,33,35-37,39,41-42,45-46,48,50-85H2,1-5H3/b10-8-,11-9-,16-14-,17-15-,22-20-,23-21-,28-26-,29-27-,34-32-,40-38-,44-43-,49-47-. The lowest BCUT2D eigenvalue weighted by Gasteiger charge is -2.26. The van der Waals surface area contributed by atoms with Gasteiger partial charge in [0.15, 0.2) is 12.4 Å². The molecule has 0 heterocycles. The average Bonchev–Trinajstić information content (AvgIpc) is 1.14. The zero-order chi connectivity index (χ0) is 71.8. The number of unbranched alkanes of at least 4 members (excludes halogenated alkanes) is 36. The van der Waals surface area contributed by atoms with Crippen LogP contribution in [0.5, 0.6) is 0 Å². The molecule has 0 radical (unpaired) electrons. The topological polar surface area (TPSA) is 111 Å². The summed E-state index contributed by atoms with van der Waals surface area (Å²) < 4.78 is 22.9. The second-order valence-corrected chi connectivity index (χ2v) is 28.3. The first-order valence-corrected chi connectivity index (χ1v) is 41.0. The minimum Gasteiger partial charge on any atom is -0.545 e. The maximum absolute atomic E-state index is 13.0. The largest absolute Gasteiger partial charge is 0.545 e. The molecule has 0 amide bonds. The van der Waals surface area contributed by atoms with Gasteiger partial charge in [0.2, 0.25) is 0 Å². The maximum Gasteiger partial charge on any atom is 0.306 e. The van der Waals surface area contributed by atoms with Crippen molar-refractivity contribution < 1.29 is 42.9 Å². The predicted molar refractivity (Wildman–Crippen MR) is 426 cm³/mol. The van der Waals surface area contributed by atoms with Gasteiger partial charge >= 0.3 is 11.9 Å². The summed E-state index contributed by atoms with van der Waals surface area (Å²) in [6.07, 6.45) is 113. The summed E-state index contributed by atoms with van der Waals surface area (Å²) in [4.78, 5) is 37.6. The summed E-state index contributed by atoms with van der Waals surface area (Å²) in [5, 5.41) is 11.9. The van der Waals surface area contributed by atoms with Crippen LogP contribution < -0.4 is 5.11 Å². The molecule has 0 aliphatic carbocycles. The number of carbonyl (C=O) groups excluding carboxylic acids is 3. The van der Waals surface area contributed by atoms with Crippen molar-refractivity contribution in [3.63, 3.8) is 0 Å². The molecule has 0 saturated carbocycles. The summed E-state index contributed by atoms with van der Waals surface area (Å²) in [7, 11) is 5.94. The van der Waals surface area contributed by atoms with Crippen LogP contribution in [0, 0.1) is 0 Å². The maximum atomic E-state index is 13.0. The number of carboxylic acid groups (broad SMARTS) is 1. The molecule has 0 saturated heterocycles. The number of ether oxygens (including phenoxy) is 4. The van der Waals surface area contributed by atoms with E-state index >= 15 is 0 Å². The van der Waals surface area contributed by atoms with E-state index in [-0.39, 0.29) is 32.2 Å². The highest BCUT2D eigenvalue weighted by molar-refractivity contribution is 5.70. The van der Waals surface area contributed by atoms with Gasteiger partial charge in [0.1, 0.15) is 13.2 Å². The molecule has 0 bridgehead atoms. The number of rotatable bonds is 75. The van der Waals surface area contributed by atoms with Gasteiger partial charge in [-0.15, -0.1) is 0 Å². The number of carboxylic acids is 1. The fourth-order valence-electron chi connectivity index (χ4n) is 11.4. The van der Waals surface area contributed by atoms with Crippen molar-refractivity contribution in [2.24, 2.45) is 0 Å². The molecule has 2 unspecified atom stereocenters. The highest BCUT2D eigenvalue weighted by Crippen LogP contribution is 2.19. The summed E-state index contributed by atoms with van der Waals surface area (Å²) in [5.41, 5.74) is 0. The average molecular weight is 1380 g/mol. The van der Waals surface area contributed by atoms with E-state index in [0.29, 0.717) is 23.9 Å². The molecule has 0 fully saturated rings. The number of hydrogen-bond donors (Lipinski definition) is 0. The number of esters is 2. The SMILES string of the molecule is CC/C=C\C/C=C\C/C=C\C/C=C\C/C=C\C/C=C\C/C=C\C/C=C\CCCCCCCCCCCCCCCCC(=O)OC(COC(=O)CCCCCCCCCCCCCCCCCCCCCCCC/C=C\C/C=C\C/C=C\C/C=C\CC)COC(OCC[N+](C)(C)C)C(=O)[O-]. The molecule has 9 nitrogen and oxygen atoms in total. The molecule has 566 valence electrons. The molecule has 0 aliphatic heterocycles. The van der Waals surface area contributed by atoms with Crippen LogP contribution in [0.15, 0.2) is 146 Å². The third kappa shape index (κ3) is 80.4. The van der Waals surface area contributed by atoms with Crippen LogP contribution in [0.3, 0.4) is 0 Å². The quantitative estimate of drug-likeness (QED) is 0.0195. The Morgan fingerprint density at radius 2 is 0.545 bits per heavy atom. The van der Waals surface area contributed by atoms with Crippen LogP contribution >= 0.6 is 0 Å². The molecular formula is C90H153NO8. The third-order valence-corrected chi connectivity index (χ3v) is 17.6. The van der Waals surface area contributed by atoms with Gasteiger partial charge in [-0.25, -0.2) is 0 Å². The molecule has 99 heavy (non-hydrogen) atoms. The lowest BCUT2D eigenvalue weighted by Crippen LogP contribution is -2.44. The Labute approximate surface area is 611 Å². The molecule has 0 aromatic rings. The summed E-state index contributed by atoms with van der Waals surface area (Å²) in [6.45, 7) is 4.55. The second kappa shape index (κ2) is 78.9. The van der Waals surface area contributed by atoms with Crippen molar-refractivity contribution in [1.29, 1.82) is 0 Å². The number of allylic oxidation sites excluding steroid dienone is 24. The van der Waals surface area contributed by atoms with Crippen LogP contribution in [0.1, 0.15) is 348 Å². The Morgan fingerprint density at radius 1 is 0.303 bits per heavy atom. The van der Waals surface area contributed by atoms with E-state index in [1.165, 1.54) is 199 Å². The van der Waals surface area contributed by atoms with Crippen molar-refractivity contribution in [2.45, 2.75) is 360 Å². The smallest absolute Gasteiger partial charge is 0.306 e. The summed E-state index contributed by atoms with van der Waals surface area (Å²) >= 11 is 0. The van der Waals surface area contributed by atoms with Crippen molar-refractivity contribution in [2.75, 3.05) is 47.5 Å². The molecule has 2 atom stereocenters.